The molecule has 1 amide bonds. The number of nitrogens with one attached hydrogen (secondary N) is 2. The summed E-state index contributed by atoms with van der Waals surface area (Å²) in [4.78, 5) is 31.3. The van der Waals surface area contributed by atoms with Crippen LogP contribution in [-0.4, -0.2) is 33.0 Å². The van der Waals surface area contributed by atoms with Crippen molar-refractivity contribution in [2.75, 3.05) is 0 Å². The third-order valence-corrected chi connectivity index (χ3v) is 6.10. The summed E-state index contributed by atoms with van der Waals surface area (Å²) in [6.07, 6.45) is 10.0. The number of aromatic nitrogens is 2. The van der Waals surface area contributed by atoms with Crippen molar-refractivity contribution >= 4 is 11.9 Å². The van der Waals surface area contributed by atoms with Crippen molar-refractivity contribution in [3.63, 3.8) is 0 Å². The third-order valence-electron chi connectivity index (χ3n) is 6.10. The molecule has 1 aromatic rings. The number of H-pyrrole nitrogens is 1. The lowest BCUT2D eigenvalue weighted by Gasteiger charge is -2.55. The van der Waals surface area contributed by atoms with Crippen LogP contribution >= 0.6 is 0 Å². The largest absolute Gasteiger partial charge is 0.480 e. The van der Waals surface area contributed by atoms with Crippen LogP contribution < -0.4 is 5.32 Å². The Morgan fingerprint density at radius 1 is 1.26 bits per heavy atom. The first-order chi connectivity index (χ1) is 11.0. The van der Waals surface area contributed by atoms with E-state index in [9.17, 15) is 14.7 Å². The molecule has 0 aliphatic heterocycles. The van der Waals surface area contributed by atoms with E-state index >= 15 is 0 Å². The van der Waals surface area contributed by atoms with E-state index < -0.39 is 12.0 Å². The van der Waals surface area contributed by atoms with Crippen molar-refractivity contribution in [2.24, 2.45) is 23.2 Å². The van der Waals surface area contributed by atoms with Crippen LogP contribution in [0.5, 0.6) is 0 Å². The Hall–Kier alpha value is -1.85. The van der Waals surface area contributed by atoms with Crippen LogP contribution in [0.4, 0.5) is 0 Å². The number of aromatic amines is 1. The van der Waals surface area contributed by atoms with Crippen LogP contribution in [0.25, 0.3) is 0 Å². The first kappa shape index (κ1) is 14.7. The highest BCUT2D eigenvalue weighted by Crippen LogP contribution is 2.60. The summed E-state index contributed by atoms with van der Waals surface area (Å²) in [5.41, 5.74) is 0.416. The van der Waals surface area contributed by atoms with Crippen LogP contribution in [0.1, 0.15) is 44.2 Å². The number of imidazole rings is 1. The van der Waals surface area contributed by atoms with Crippen LogP contribution in [0.2, 0.25) is 0 Å². The second kappa shape index (κ2) is 5.35. The van der Waals surface area contributed by atoms with Gasteiger partial charge in [0.2, 0.25) is 5.91 Å². The number of hydrogen-bond donors (Lipinski definition) is 3. The molecule has 4 bridgehead atoms. The van der Waals surface area contributed by atoms with Crippen molar-refractivity contribution in [1.29, 1.82) is 0 Å². The van der Waals surface area contributed by atoms with Crippen LogP contribution in [-0.2, 0) is 16.0 Å². The quantitative estimate of drug-likeness (QED) is 0.771. The van der Waals surface area contributed by atoms with E-state index in [1.54, 1.807) is 6.20 Å². The number of carbonyl (C=O) groups excluding carboxylic acids is 1. The van der Waals surface area contributed by atoms with Gasteiger partial charge in [0.15, 0.2) is 0 Å². The molecule has 0 unspecified atom stereocenters. The maximum Gasteiger partial charge on any atom is 0.326 e. The molecule has 0 aromatic carbocycles. The fraction of sp³-hybridized carbons (Fsp3) is 0.706. The van der Waals surface area contributed by atoms with E-state index in [2.05, 4.69) is 15.3 Å². The summed E-state index contributed by atoms with van der Waals surface area (Å²) in [5, 5.41) is 12.3. The molecule has 1 heterocycles. The van der Waals surface area contributed by atoms with Gasteiger partial charge >= 0.3 is 5.97 Å². The predicted octanol–water partition coefficient (Wildman–Crippen LogP) is 1.74. The molecule has 6 nitrogen and oxygen atoms in total. The lowest BCUT2D eigenvalue weighted by atomic mass is 9.49. The average Bonchev–Trinajstić information content (AvgIpc) is 2.98. The first-order valence-corrected chi connectivity index (χ1v) is 8.55. The molecule has 4 saturated carbocycles. The summed E-state index contributed by atoms with van der Waals surface area (Å²) in [6, 6.07) is -0.893. The Balaban J connectivity index is 1.48. The highest BCUT2D eigenvalue weighted by atomic mass is 16.4. The van der Waals surface area contributed by atoms with Crippen molar-refractivity contribution in [1.82, 2.24) is 15.3 Å². The minimum absolute atomic E-state index is 0.0384. The second-order valence-electron chi connectivity index (χ2n) is 7.84. The topological polar surface area (TPSA) is 95.1 Å². The van der Waals surface area contributed by atoms with Crippen molar-refractivity contribution in [3.05, 3.63) is 18.2 Å². The van der Waals surface area contributed by atoms with E-state index in [0.717, 1.165) is 25.0 Å². The molecule has 4 aliphatic carbocycles. The van der Waals surface area contributed by atoms with E-state index in [-0.39, 0.29) is 17.7 Å². The first-order valence-electron chi connectivity index (χ1n) is 8.55. The Bertz CT molecular complexity index is 575. The van der Waals surface area contributed by atoms with Gasteiger partial charge in [-0.2, -0.15) is 0 Å². The van der Waals surface area contributed by atoms with Gasteiger partial charge in [0.05, 0.1) is 6.33 Å². The normalized spacial score (nSPS) is 35.9. The highest BCUT2D eigenvalue weighted by Gasteiger charge is 2.54. The van der Waals surface area contributed by atoms with Gasteiger partial charge in [-0.3, -0.25) is 4.79 Å². The summed E-state index contributed by atoms with van der Waals surface area (Å²) in [5.74, 6) is 0.981. The molecule has 0 saturated heterocycles. The van der Waals surface area contributed by atoms with Crippen molar-refractivity contribution in [2.45, 2.75) is 51.0 Å². The second-order valence-corrected chi connectivity index (χ2v) is 7.84. The summed E-state index contributed by atoms with van der Waals surface area (Å²) in [6.45, 7) is 0. The number of carboxylic acids is 1. The lowest BCUT2D eigenvalue weighted by molar-refractivity contribution is -0.151. The maximum atomic E-state index is 12.9. The van der Waals surface area contributed by atoms with E-state index in [1.807, 2.05) is 0 Å². The molecular formula is C17H23N3O3. The van der Waals surface area contributed by atoms with E-state index in [4.69, 9.17) is 0 Å². The zero-order valence-corrected chi connectivity index (χ0v) is 13.1. The molecule has 1 atom stereocenters. The Morgan fingerprint density at radius 2 is 1.87 bits per heavy atom. The van der Waals surface area contributed by atoms with Crippen molar-refractivity contribution < 1.29 is 14.7 Å². The van der Waals surface area contributed by atoms with Gasteiger partial charge in [-0.1, -0.05) is 0 Å². The lowest BCUT2D eigenvalue weighted by Crippen LogP contribution is -2.56. The standard InChI is InChI=1S/C17H23N3O3/c21-15(22)14(4-13-8-18-9-19-13)20-16(23)17-5-10-1-11(6-17)3-12(2-10)7-17/h8-12,14H,1-7H2,(H,18,19)(H,20,23)(H,21,22)/t10?,11?,12?,14-,17?/m1/s1. The number of carboxylic acid groups (broad SMARTS) is 1. The molecule has 4 fully saturated rings. The van der Waals surface area contributed by atoms with Crippen LogP contribution in [0.3, 0.4) is 0 Å². The number of amides is 1. The summed E-state index contributed by atoms with van der Waals surface area (Å²) in [7, 11) is 0. The van der Waals surface area contributed by atoms with Gasteiger partial charge in [-0.05, 0) is 56.3 Å². The Labute approximate surface area is 135 Å². The minimum Gasteiger partial charge on any atom is -0.480 e. The molecular weight excluding hydrogens is 294 g/mol. The van der Waals surface area contributed by atoms with Gasteiger partial charge in [0.25, 0.3) is 0 Å². The molecule has 4 aliphatic rings. The van der Waals surface area contributed by atoms with Gasteiger partial charge in [-0.25, -0.2) is 9.78 Å². The molecule has 124 valence electrons. The Morgan fingerprint density at radius 3 is 2.35 bits per heavy atom. The number of carbonyl (C=O) groups is 2. The number of nitrogens with zero attached hydrogens (tertiary/aromatic N) is 1. The van der Waals surface area contributed by atoms with Crippen LogP contribution in [0, 0.1) is 23.2 Å². The van der Waals surface area contributed by atoms with E-state index in [1.165, 1.54) is 25.6 Å². The molecule has 23 heavy (non-hydrogen) atoms. The van der Waals surface area contributed by atoms with Gasteiger partial charge < -0.3 is 15.4 Å². The molecule has 1 aromatic heterocycles. The summed E-state index contributed by atoms with van der Waals surface area (Å²) >= 11 is 0. The van der Waals surface area contributed by atoms with Crippen LogP contribution in [0.15, 0.2) is 12.5 Å². The molecule has 3 N–H and O–H groups in total. The van der Waals surface area contributed by atoms with Gasteiger partial charge in [0, 0.05) is 23.7 Å². The minimum atomic E-state index is -0.988. The monoisotopic (exact) mass is 317 g/mol. The average molecular weight is 317 g/mol. The SMILES string of the molecule is O=C(O)[C@@H](Cc1cnc[nH]1)NC(=O)C12CC3CC(CC(C3)C1)C2. The predicted molar refractivity (Wildman–Crippen MR) is 82.5 cm³/mol. The fourth-order valence-electron chi connectivity index (χ4n) is 5.52. The zero-order chi connectivity index (χ0) is 16.0. The van der Waals surface area contributed by atoms with Crippen molar-refractivity contribution in [3.8, 4) is 0 Å². The third kappa shape index (κ3) is 2.64. The molecule has 5 rings (SSSR count). The summed E-state index contributed by atoms with van der Waals surface area (Å²) < 4.78 is 0. The van der Waals surface area contributed by atoms with Gasteiger partial charge in [-0.15, -0.1) is 0 Å². The molecule has 0 spiro atoms. The van der Waals surface area contributed by atoms with Gasteiger partial charge in [0.1, 0.15) is 6.04 Å². The Kier molecular flexibility index (Phi) is 3.43. The number of rotatable bonds is 5. The number of aliphatic carboxylic acids is 1. The highest BCUT2D eigenvalue weighted by molar-refractivity contribution is 5.88. The number of hydrogen-bond acceptors (Lipinski definition) is 3. The molecule has 0 radical (unpaired) electrons. The zero-order valence-electron chi connectivity index (χ0n) is 13.1. The smallest absolute Gasteiger partial charge is 0.326 e. The molecule has 6 heteroatoms. The maximum absolute atomic E-state index is 12.9. The van der Waals surface area contributed by atoms with E-state index in [0.29, 0.717) is 17.8 Å². The fourth-order valence-corrected chi connectivity index (χ4v) is 5.52.